The second-order valence-corrected chi connectivity index (χ2v) is 17.3. The van der Waals surface area contributed by atoms with Crippen LogP contribution < -0.4 is 20.7 Å². The van der Waals surface area contributed by atoms with E-state index in [4.69, 9.17) is 61.6 Å². The Morgan fingerprint density at radius 2 is 1.17 bits per heavy atom. The summed E-state index contributed by atoms with van der Waals surface area (Å²) in [6, 6.07) is 7.67. The number of rotatable bonds is 24. The molecule has 3 amide bonds. The van der Waals surface area contributed by atoms with Crippen LogP contribution in [0.25, 0.3) is 10.4 Å². The predicted molar refractivity (Wildman–Crippen MR) is 259 cm³/mol. The lowest BCUT2D eigenvalue weighted by Crippen LogP contribution is -2.67. The van der Waals surface area contributed by atoms with Crippen LogP contribution in [0.4, 0.5) is 4.79 Å². The molecule has 0 bridgehead atoms. The van der Waals surface area contributed by atoms with Crippen molar-refractivity contribution in [2.24, 2.45) is 5.11 Å². The maximum atomic E-state index is 14.1. The molecule has 4 rings (SSSR count). The molecule has 78 heavy (non-hydrogen) atoms. The zero-order chi connectivity index (χ0) is 57.8. The van der Waals surface area contributed by atoms with Gasteiger partial charge in [0.05, 0.1) is 25.9 Å². The molecule has 0 radical (unpaired) electrons. The molecule has 2 saturated heterocycles. The van der Waals surface area contributed by atoms with Crippen LogP contribution in [0.3, 0.4) is 0 Å². The van der Waals surface area contributed by atoms with Crippen molar-refractivity contribution in [3.05, 3.63) is 76.2 Å². The monoisotopic (exact) mass is 1100 g/mol. The topological polar surface area (TPSA) is 376 Å². The molecular formula is C49H62N6O23. The fourth-order valence-corrected chi connectivity index (χ4v) is 7.74. The Labute approximate surface area is 446 Å². The van der Waals surface area contributed by atoms with Gasteiger partial charge in [-0.3, -0.25) is 33.6 Å². The second-order valence-electron chi connectivity index (χ2n) is 17.3. The molecule has 0 saturated carbocycles. The van der Waals surface area contributed by atoms with E-state index in [2.05, 4.69) is 26.0 Å². The summed E-state index contributed by atoms with van der Waals surface area (Å²) in [5.41, 5.74) is 10.8. The first-order valence-corrected chi connectivity index (χ1v) is 23.9. The molecule has 426 valence electrons. The van der Waals surface area contributed by atoms with Crippen LogP contribution in [0.2, 0.25) is 0 Å². The first-order valence-electron chi connectivity index (χ1n) is 23.9. The Kier molecular flexibility index (Phi) is 24.0. The zero-order valence-electron chi connectivity index (χ0n) is 44.1. The van der Waals surface area contributed by atoms with Crippen molar-refractivity contribution in [3.63, 3.8) is 0 Å². The minimum atomic E-state index is -2.04. The first kappa shape index (κ1) is 62.4. The van der Waals surface area contributed by atoms with Crippen LogP contribution in [-0.2, 0) is 102 Å². The molecule has 2 aromatic carbocycles. The fourth-order valence-electron chi connectivity index (χ4n) is 7.74. The highest BCUT2D eigenvalue weighted by Gasteiger charge is 2.57. The van der Waals surface area contributed by atoms with E-state index in [1.165, 1.54) is 40.0 Å². The van der Waals surface area contributed by atoms with Crippen molar-refractivity contribution < 1.29 is 110 Å². The molecule has 2 fully saturated rings. The minimum absolute atomic E-state index is 0.0658. The number of hydrogen-bond acceptors (Lipinski definition) is 24. The van der Waals surface area contributed by atoms with Crippen molar-refractivity contribution in [2.45, 2.75) is 148 Å². The number of azide groups is 1. The third-order valence-corrected chi connectivity index (χ3v) is 11.3. The van der Waals surface area contributed by atoms with Gasteiger partial charge in [-0.05, 0) is 56.1 Å². The van der Waals surface area contributed by atoms with Crippen LogP contribution in [-0.4, -0.2) is 173 Å². The van der Waals surface area contributed by atoms with Gasteiger partial charge in [0.15, 0.2) is 37.0 Å². The molecule has 29 heteroatoms. The average molecular weight is 1100 g/mol. The van der Waals surface area contributed by atoms with E-state index in [1.807, 2.05) is 0 Å². The molecule has 14 atom stereocenters. The molecule has 2 heterocycles. The van der Waals surface area contributed by atoms with Gasteiger partial charge in [0.1, 0.15) is 68.0 Å². The van der Waals surface area contributed by atoms with Gasteiger partial charge in [-0.15, -0.1) is 0 Å². The number of nitrogens with zero attached hydrogens (tertiary/aromatic N) is 3. The van der Waals surface area contributed by atoms with Crippen LogP contribution in [0.5, 0.6) is 5.75 Å². The van der Waals surface area contributed by atoms with Crippen molar-refractivity contribution in [3.8, 4) is 5.75 Å². The van der Waals surface area contributed by atoms with Crippen LogP contribution in [0, 0.1) is 0 Å². The SMILES string of the molecule is COC(=O)[C@H](C)NC(=O)[C@@H](NC(=O)[C@H](C)NC(=O)OCc1ccc(OC)cc1)[C@@H](C)O[C@H]1O[C@H](COC(=O)c2ccccc2)[C@H](OC(C)=O)[C@H](O[C@@H]2O[C@H](COC(C)=O)[C@H](OC(C)=O)[C@H](OC(C)=O)[C@H]2OC(C)=O)[C@H]1N=[N+]=[N-]. The smallest absolute Gasteiger partial charge is 0.408 e. The van der Waals surface area contributed by atoms with Gasteiger partial charge in [-0.2, -0.15) is 0 Å². The Morgan fingerprint density at radius 1 is 0.615 bits per heavy atom. The lowest BCUT2D eigenvalue weighted by Gasteiger charge is -2.48. The molecule has 0 unspecified atom stereocenters. The Morgan fingerprint density at radius 3 is 1.72 bits per heavy atom. The van der Waals surface area contributed by atoms with Gasteiger partial charge in [-0.1, -0.05) is 35.4 Å². The maximum absolute atomic E-state index is 14.1. The zero-order valence-corrected chi connectivity index (χ0v) is 44.1. The van der Waals surface area contributed by atoms with Gasteiger partial charge >= 0.3 is 47.9 Å². The Hall–Kier alpha value is -8.11. The molecule has 2 aliphatic rings. The Bertz CT molecular complexity index is 2490. The normalized spacial score (nSPS) is 24.0. The van der Waals surface area contributed by atoms with E-state index in [9.17, 15) is 53.5 Å². The molecule has 2 aliphatic heterocycles. The van der Waals surface area contributed by atoms with Gasteiger partial charge in [0.25, 0.3) is 0 Å². The summed E-state index contributed by atoms with van der Waals surface area (Å²) >= 11 is 0. The van der Waals surface area contributed by atoms with E-state index in [1.54, 1.807) is 42.5 Å². The second kappa shape index (κ2) is 30.0. The fraction of sp³-hybridized carbons (Fsp3) is 0.551. The van der Waals surface area contributed by atoms with E-state index in [0.717, 1.165) is 41.7 Å². The van der Waals surface area contributed by atoms with Crippen LogP contribution in [0.1, 0.15) is 71.3 Å². The number of benzene rings is 2. The summed E-state index contributed by atoms with van der Waals surface area (Å²) in [5, 5.41) is 11.0. The van der Waals surface area contributed by atoms with Crippen molar-refractivity contribution in [1.29, 1.82) is 0 Å². The number of carbonyl (C=O) groups is 10. The number of nitrogens with one attached hydrogen (secondary N) is 3. The van der Waals surface area contributed by atoms with Crippen LogP contribution >= 0.6 is 0 Å². The number of carbonyl (C=O) groups excluding carboxylic acids is 10. The quantitative estimate of drug-likeness (QED) is 0.0441. The molecular weight excluding hydrogens is 1040 g/mol. The lowest BCUT2D eigenvalue weighted by atomic mass is 9.95. The summed E-state index contributed by atoms with van der Waals surface area (Å²) in [5.74, 6) is -8.17. The van der Waals surface area contributed by atoms with Gasteiger partial charge in [-0.25, -0.2) is 14.4 Å². The van der Waals surface area contributed by atoms with Crippen molar-refractivity contribution in [2.75, 3.05) is 27.4 Å². The third kappa shape index (κ3) is 18.6. The van der Waals surface area contributed by atoms with E-state index < -0.39 is 158 Å². The van der Waals surface area contributed by atoms with Gasteiger partial charge < -0.3 is 77.5 Å². The number of hydrogen-bond donors (Lipinski definition) is 3. The van der Waals surface area contributed by atoms with Gasteiger partial charge in [0, 0.05) is 39.5 Å². The molecule has 2 aromatic rings. The lowest BCUT2D eigenvalue weighted by molar-refractivity contribution is -0.347. The molecule has 3 N–H and O–H groups in total. The maximum Gasteiger partial charge on any atom is 0.408 e. The summed E-state index contributed by atoms with van der Waals surface area (Å²) in [4.78, 5) is 133. The number of alkyl carbamates (subject to hydrolysis) is 1. The molecule has 0 spiro atoms. The number of ether oxygens (including phenoxy) is 13. The standard InChI is InChI=1S/C49H62N6O23/c1-23(52-49(65)70-20-31-16-18-33(66-9)19-17-31)43(61)53-36(44(62)51-24(2)45(63)67-10)25(3)71-47-37(54-55-50)40(38(72-27(5)57)35(76-47)22-69-46(64)32-14-12-11-13-15-32)78-48-42(75-30(8)60)41(74-29(7)59)39(73-28(6)58)34(77-48)21-68-26(4)56/h11-19,23-25,34-42,47-48H,20-22H2,1-10H3,(H,51,62)(H,52,65)(H,53,61)/t23-,24-,25+,34+,35+,36-,37+,38-,39-,40+,41-,42+,47-,48-/m0/s1. The average Bonchev–Trinajstić information content (AvgIpc) is 3.43. The summed E-state index contributed by atoms with van der Waals surface area (Å²) in [7, 11) is 2.54. The summed E-state index contributed by atoms with van der Waals surface area (Å²) in [6.07, 6.45) is -19.1. The minimum Gasteiger partial charge on any atom is -0.497 e. The number of amides is 3. The van der Waals surface area contributed by atoms with Crippen molar-refractivity contribution >= 4 is 59.7 Å². The van der Waals surface area contributed by atoms with E-state index in [0.29, 0.717) is 11.3 Å². The van der Waals surface area contributed by atoms with E-state index >= 15 is 0 Å². The Balaban J connectivity index is 1.81. The highest BCUT2D eigenvalue weighted by atomic mass is 16.8. The van der Waals surface area contributed by atoms with Crippen LogP contribution in [0.15, 0.2) is 59.7 Å². The third-order valence-electron chi connectivity index (χ3n) is 11.3. The highest BCUT2D eigenvalue weighted by molar-refractivity contribution is 5.93. The first-order chi connectivity index (χ1) is 37.0. The van der Waals surface area contributed by atoms with Crippen molar-refractivity contribution in [1.82, 2.24) is 16.0 Å². The predicted octanol–water partition coefficient (Wildman–Crippen LogP) is 1.54. The largest absolute Gasteiger partial charge is 0.497 e. The number of methoxy groups -OCH3 is 2. The van der Waals surface area contributed by atoms with E-state index in [-0.39, 0.29) is 12.2 Å². The van der Waals surface area contributed by atoms with Gasteiger partial charge in [0.2, 0.25) is 11.8 Å². The summed E-state index contributed by atoms with van der Waals surface area (Å²) < 4.78 is 73.5. The molecule has 29 nitrogen and oxygen atoms in total. The molecule has 0 aliphatic carbocycles. The highest BCUT2D eigenvalue weighted by Crippen LogP contribution is 2.36. The molecule has 0 aromatic heterocycles. The number of esters is 7. The summed E-state index contributed by atoms with van der Waals surface area (Å²) in [6.45, 7) is 7.01.